The number of rotatable bonds is 10. The third-order valence-electron chi connectivity index (χ3n) is 5.24. The normalized spacial score (nSPS) is 11.6. The van der Waals surface area contributed by atoms with Crippen molar-refractivity contribution in [2.45, 2.75) is 77.6 Å². The molecule has 0 spiro atoms. The SMILES string of the molecule is CCCCC(CCC)(CCCC)c1cc(O)cc(-c2ccccn2)c1. The summed E-state index contributed by atoms with van der Waals surface area (Å²) in [6.07, 6.45) is 11.4. The second-order valence-corrected chi connectivity index (χ2v) is 7.22. The van der Waals surface area contributed by atoms with Crippen LogP contribution < -0.4 is 0 Å². The molecule has 0 aliphatic carbocycles. The Morgan fingerprint density at radius 3 is 2.16 bits per heavy atom. The summed E-state index contributed by atoms with van der Waals surface area (Å²) < 4.78 is 0. The van der Waals surface area contributed by atoms with Gasteiger partial charge in [0.2, 0.25) is 0 Å². The first-order valence-corrected chi connectivity index (χ1v) is 9.91. The first-order chi connectivity index (χ1) is 12.1. The van der Waals surface area contributed by atoms with Crippen molar-refractivity contribution in [1.29, 1.82) is 0 Å². The van der Waals surface area contributed by atoms with E-state index in [1.165, 1.54) is 56.9 Å². The lowest BCUT2D eigenvalue weighted by Gasteiger charge is -2.35. The maximum absolute atomic E-state index is 10.4. The standard InChI is InChI=1S/C23H33NO/c1-4-7-13-23(12-6-3,14-8-5-2)20-16-19(17-21(25)18-20)22-11-9-10-15-24-22/h9-11,15-18,25H,4-8,12-14H2,1-3H3. The molecule has 2 aromatic rings. The van der Waals surface area contributed by atoms with E-state index in [4.69, 9.17) is 0 Å². The van der Waals surface area contributed by atoms with Crippen molar-refractivity contribution in [2.24, 2.45) is 0 Å². The summed E-state index contributed by atoms with van der Waals surface area (Å²) in [5.74, 6) is 0.353. The van der Waals surface area contributed by atoms with Gasteiger partial charge < -0.3 is 5.11 Å². The zero-order chi connectivity index (χ0) is 18.1. The van der Waals surface area contributed by atoms with E-state index in [0.717, 1.165) is 11.3 Å². The second-order valence-electron chi connectivity index (χ2n) is 7.22. The molecule has 1 N–H and O–H groups in total. The zero-order valence-corrected chi connectivity index (χ0v) is 16.1. The third kappa shape index (κ3) is 5.07. The summed E-state index contributed by atoms with van der Waals surface area (Å²) in [5.41, 5.74) is 3.40. The van der Waals surface area contributed by atoms with Crippen molar-refractivity contribution in [3.8, 4) is 17.0 Å². The molecule has 0 saturated heterocycles. The maximum atomic E-state index is 10.4. The van der Waals surface area contributed by atoms with Crippen LogP contribution in [0.15, 0.2) is 42.6 Å². The van der Waals surface area contributed by atoms with E-state index in [1.54, 1.807) is 0 Å². The molecular formula is C23H33NO. The van der Waals surface area contributed by atoms with Gasteiger partial charge in [0.05, 0.1) is 5.69 Å². The quantitative estimate of drug-likeness (QED) is 0.512. The Morgan fingerprint density at radius 2 is 1.60 bits per heavy atom. The molecule has 0 aliphatic rings. The summed E-state index contributed by atoms with van der Waals surface area (Å²) in [6.45, 7) is 6.80. The molecule has 1 heterocycles. The highest BCUT2D eigenvalue weighted by atomic mass is 16.3. The number of aromatic hydroxyl groups is 1. The molecule has 25 heavy (non-hydrogen) atoms. The van der Waals surface area contributed by atoms with Crippen molar-refractivity contribution < 1.29 is 5.11 Å². The van der Waals surface area contributed by atoms with Crippen molar-refractivity contribution in [2.75, 3.05) is 0 Å². The number of phenolic OH excluding ortho intramolecular Hbond substituents is 1. The lowest BCUT2D eigenvalue weighted by Crippen LogP contribution is -2.26. The van der Waals surface area contributed by atoms with Gasteiger partial charge in [-0.1, -0.05) is 58.9 Å². The molecule has 0 bridgehead atoms. The Balaban J connectivity index is 2.49. The molecule has 0 saturated carbocycles. The minimum atomic E-state index is 0.170. The largest absolute Gasteiger partial charge is 0.508 e. The predicted octanol–water partition coefficient (Wildman–Crippen LogP) is 6.87. The Hall–Kier alpha value is -1.83. The summed E-state index contributed by atoms with van der Waals surface area (Å²) >= 11 is 0. The maximum Gasteiger partial charge on any atom is 0.116 e. The van der Waals surface area contributed by atoms with Gasteiger partial charge in [0.1, 0.15) is 5.75 Å². The Morgan fingerprint density at radius 1 is 0.880 bits per heavy atom. The lowest BCUT2D eigenvalue weighted by atomic mass is 9.69. The van der Waals surface area contributed by atoms with Crippen molar-refractivity contribution in [3.05, 3.63) is 48.2 Å². The molecule has 2 heteroatoms. The van der Waals surface area contributed by atoms with Gasteiger partial charge in [-0.15, -0.1) is 0 Å². The van der Waals surface area contributed by atoms with E-state index in [-0.39, 0.29) is 5.41 Å². The number of nitrogens with zero attached hydrogens (tertiary/aromatic N) is 1. The predicted molar refractivity (Wildman–Crippen MR) is 107 cm³/mol. The van der Waals surface area contributed by atoms with Gasteiger partial charge in [-0.2, -0.15) is 0 Å². The Kier molecular flexibility index (Phi) is 7.49. The van der Waals surface area contributed by atoms with E-state index in [1.807, 2.05) is 36.5 Å². The van der Waals surface area contributed by atoms with Crippen molar-refractivity contribution in [3.63, 3.8) is 0 Å². The van der Waals surface area contributed by atoms with Crippen molar-refractivity contribution >= 4 is 0 Å². The van der Waals surface area contributed by atoms with Crippen LogP contribution in [-0.4, -0.2) is 10.1 Å². The van der Waals surface area contributed by atoms with Crippen LogP contribution in [0, 0.1) is 0 Å². The first-order valence-electron chi connectivity index (χ1n) is 9.91. The Labute approximate surface area is 153 Å². The van der Waals surface area contributed by atoms with Gasteiger partial charge in [-0.3, -0.25) is 4.98 Å². The fraction of sp³-hybridized carbons (Fsp3) is 0.522. The number of benzene rings is 1. The van der Waals surface area contributed by atoms with Crippen LogP contribution in [0.3, 0.4) is 0 Å². The average Bonchev–Trinajstić information content (AvgIpc) is 2.64. The zero-order valence-electron chi connectivity index (χ0n) is 16.1. The fourth-order valence-corrected chi connectivity index (χ4v) is 3.92. The third-order valence-corrected chi connectivity index (χ3v) is 5.24. The van der Waals surface area contributed by atoms with E-state index in [2.05, 4.69) is 31.8 Å². The minimum absolute atomic E-state index is 0.170. The van der Waals surface area contributed by atoms with Crippen molar-refractivity contribution in [1.82, 2.24) is 4.98 Å². The van der Waals surface area contributed by atoms with Gasteiger partial charge in [0, 0.05) is 11.8 Å². The number of hydrogen-bond donors (Lipinski definition) is 1. The van der Waals surface area contributed by atoms with Crippen LogP contribution in [0.25, 0.3) is 11.3 Å². The van der Waals surface area contributed by atoms with E-state index >= 15 is 0 Å². The summed E-state index contributed by atoms with van der Waals surface area (Å²) in [5, 5.41) is 10.4. The monoisotopic (exact) mass is 339 g/mol. The molecule has 0 unspecified atom stereocenters. The van der Waals surface area contributed by atoms with E-state index < -0.39 is 0 Å². The molecule has 0 radical (unpaired) electrons. The molecule has 0 fully saturated rings. The van der Waals surface area contributed by atoms with Crippen LogP contribution in [0.4, 0.5) is 0 Å². The smallest absolute Gasteiger partial charge is 0.116 e. The van der Waals surface area contributed by atoms with Gasteiger partial charge in [-0.25, -0.2) is 0 Å². The van der Waals surface area contributed by atoms with Crippen LogP contribution in [0.1, 0.15) is 77.7 Å². The number of unbranched alkanes of at least 4 members (excludes halogenated alkanes) is 2. The topological polar surface area (TPSA) is 33.1 Å². The number of pyridine rings is 1. The molecule has 136 valence electrons. The van der Waals surface area contributed by atoms with Gasteiger partial charge in [0.25, 0.3) is 0 Å². The molecular weight excluding hydrogens is 306 g/mol. The first kappa shape index (κ1) is 19.5. The highest BCUT2D eigenvalue weighted by Gasteiger charge is 2.31. The highest BCUT2D eigenvalue weighted by molar-refractivity contribution is 5.63. The summed E-state index contributed by atoms with van der Waals surface area (Å²) in [7, 11) is 0. The second kappa shape index (κ2) is 9.60. The lowest BCUT2D eigenvalue weighted by molar-refractivity contribution is 0.313. The molecule has 2 nitrogen and oxygen atoms in total. The summed E-state index contributed by atoms with van der Waals surface area (Å²) in [6, 6.07) is 12.0. The van der Waals surface area contributed by atoms with E-state index in [0.29, 0.717) is 5.75 Å². The van der Waals surface area contributed by atoms with Gasteiger partial charge in [-0.05, 0) is 60.6 Å². The average molecular weight is 340 g/mol. The highest BCUT2D eigenvalue weighted by Crippen LogP contribution is 2.42. The molecule has 0 aliphatic heterocycles. The Bertz CT molecular complexity index is 628. The molecule has 0 atom stereocenters. The number of aromatic nitrogens is 1. The van der Waals surface area contributed by atoms with Crippen LogP contribution in [0.2, 0.25) is 0 Å². The van der Waals surface area contributed by atoms with Crippen LogP contribution in [0.5, 0.6) is 5.75 Å². The van der Waals surface area contributed by atoms with Crippen LogP contribution in [-0.2, 0) is 5.41 Å². The minimum Gasteiger partial charge on any atom is -0.508 e. The van der Waals surface area contributed by atoms with Gasteiger partial charge >= 0.3 is 0 Å². The summed E-state index contributed by atoms with van der Waals surface area (Å²) in [4.78, 5) is 4.47. The van der Waals surface area contributed by atoms with Gasteiger partial charge in [0.15, 0.2) is 0 Å². The molecule has 1 aromatic carbocycles. The molecule has 0 amide bonds. The molecule has 1 aromatic heterocycles. The van der Waals surface area contributed by atoms with E-state index in [9.17, 15) is 5.11 Å². The molecule has 2 rings (SSSR count). The fourth-order valence-electron chi connectivity index (χ4n) is 3.92. The number of phenols is 1. The number of hydrogen-bond acceptors (Lipinski definition) is 2. The van der Waals surface area contributed by atoms with Crippen LogP contribution >= 0.6 is 0 Å².